The average molecular weight is 1140 g/mol. The van der Waals surface area contributed by atoms with Crippen LogP contribution in [0.1, 0.15) is 148 Å². The second kappa shape index (κ2) is 47.1. The van der Waals surface area contributed by atoms with Crippen LogP contribution in [-0.4, -0.2) is 181 Å². The van der Waals surface area contributed by atoms with Crippen molar-refractivity contribution in [2.24, 2.45) is 11.8 Å². The summed E-state index contributed by atoms with van der Waals surface area (Å²) >= 11 is 8.07. The fourth-order valence-corrected chi connectivity index (χ4v) is 8.04. The highest BCUT2D eigenvalue weighted by molar-refractivity contribution is 7.80. The number of hydrogen-bond donors (Lipinski definition) is 11. The van der Waals surface area contributed by atoms with Gasteiger partial charge >= 0.3 is 23.9 Å². The van der Waals surface area contributed by atoms with Gasteiger partial charge in [-0.3, -0.25) is 43.2 Å². The Morgan fingerprint density at radius 1 is 0.403 bits per heavy atom. The minimum absolute atomic E-state index is 0.0296. The number of Topliss-reactive ketones (excluding diaryl/α,β-unsaturated/α-hetero) is 2. The van der Waals surface area contributed by atoms with Crippen LogP contribution in [0.15, 0.2) is 0 Å². The normalized spacial score (nSPS) is 13.0. The van der Waals surface area contributed by atoms with E-state index in [0.717, 1.165) is 57.8 Å². The molecule has 0 saturated heterocycles. The number of thiol groups is 2. The molecule has 0 aromatic heterocycles. The molecule has 0 heterocycles. The molecule has 0 radical (unpaired) electrons. The molecule has 0 aliphatic carbocycles. The number of carbonyl (C=O) groups is 11. The predicted octanol–water partition coefficient (Wildman–Crippen LogP) is 2.91. The quantitative estimate of drug-likeness (QED) is 0.0308. The van der Waals surface area contributed by atoms with Crippen LogP contribution in [0.2, 0.25) is 0 Å². The molecule has 5 amide bonds. The summed E-state index contributed by atoms with van der Waals surface area (Å²) < 4.78 is 21.2. The van der Waals surface area contributed by atoms with Crippen molar-refractivity contribution in [2.45, 2.75) is 166 Å². The smallest absolute Gasteiger partial charge is 0.326 e. The highest BCUT2D eigenvalue weighted by Gasteiger charge is 2.29. The molecular weight excluding hydrogens is 1050 g/mol. The van der Waals surface area contributed by atoms with Gasteiger partial charge in [0.25, 0.3) is 0 Å². The predicted molar refractivity (Wildman–Crippen MR) is 288 cm³/mol. The second-order valence-electron chi connectivity index (χ2n) is 18.6. The number of ether oxygens (including phenoxy) is 4. The maximum atomic E-state index is 12.6. The van der Waals surface area contributed by atoms with Crippen LogP contribution in [0.4, 0.5) is 0 Å². The first kappa shape index (κ1) is 72.1. The number of aliphatic carboxylic acids is 4. The van der Waals surface area contributed by atoms with E-state index in [4.69, 9.17) is 29.2 Å². The zero-order valence-corrected chi connectivity index (χ0v) is 46.5. The summed E-state index contributed by atoms with van der Waals surface area (Å²) in [6.07, 6.45) is 13.2. The first-order valence-corrected chi connectivity index (χ1v) is 28.0. The summed E-state index contributed by atoms with van der Waals surface area (Å²) in [7, 11) is 0. The lowest BCUT2D eigenvalue weighted by molar-refractivity contribution is -0.143. The SMILES string of the molecule is C[C@H](NC(=O)COCCOCCNC(=O)COCCOCCNC(=O)CC[C@H](NC(=O)CC[C@H](NC(=O)CCCCCCCCCCCCCCCCC(=O)O)C(=O)O)C(=O)O)C(=O)C[C@@H](CS)C(=O)C[C@@H](CS)C(=O)O. The largest absolute Gasteiger partial charge is 0.481 e. The Morgan fingerprint density at radius 3 is 1.23 bits per heavy atom. The van der Waals surface area contributed by atoms with Crippen LogP contribution in [0.5, 0.6) is 0 Å². The van der Waals surface area contributed by atoms with E-state index in [2.05, 4.69) is 51.8 Å². The van der Waals surface area contributed by atoms with Crippen LogP contribution in [0.3, 0.4) is 0 Å². The molecule has 0 rings (SSSR count). The number of ketones is 2. The number of amides is 5. The van der Waals surface area contributed by atoms with Crippen molar-refractivity contribution >= 4 is 90.2 Å². The van der Waals surface area contributed by atoms with Gasteiger partial charge in [-0.25, -0.2) is 9.59 Å². The minimum Gasteiger partial charge on any atom is -0.481 e. The Balaban J connectivity index is 4.03. The molecule has 0 spiro atoms. The standard InChI is InChI=1S/C51H87N5O19S2/c1-36(41(57)30-37(34-76)42(58)31-38(35-77)49(66)67)54-47(63)33-75-29-27-73-25-23-53-46(62)32-74-28-26-72-24-22-52-43(59)20-18-39(50(68)69)56-45(61)21-19-40(51(70)71)55-44(60)16-14-12-10-8-6-4-2-3-5-7-9-11-13-15-17-48(64)65/h36-40,76-77H,2-35H2,1H3,(H,52,59)(H,53,62)(H,54,63)(H,55,60)(H,56,61)(H,64,65)(H,66,67)(H,68,69)(H,70,71)/t36-,37-,38-,39-,40-/m0/s1. The van der Waals surface area contributed by atoms with Crippen LogP contribution >= 0.6 is 25.3 Å². The molecule has 0 aliphatic rings. The van der Waals surface area contributed by atoms with Crippen LogP contribution in [-0.2, 0) is 71.7 Å². The molecular formula is C51H87N5O19S2. The fraction of sp³-hybridized carbons (Fsp3) is 0.784. The Bertz CT molecular complexity index is 1780. The van der Waals surface area contributed by atoms with Gasteiger partial charge in [-0.05, 0) is 32.6 Å². The third kappa shape index (κ3) is 41.8. The summed E-state index contributed by atoms with van der Waals surface area (Å²) in [5.41, 5.74) is 0. The van der Waals surface area contributed by atoms with Crippen molar-refractivity contribution in [1.82, 2.24) is 26.6 Å². The summed E-state index contributed by atoms with van der Waals surface area (Å²) in [6.45, 7) is 1.68. The van der Waals surface area contributed by atoms with E-state index >= 15 is 0 Å². The molecule has 0 aliphatic heterocycles. The topological polar surface area (TPSA) is 366 Å². The van der Waals surface area contributed by atoms with Crippen LogP contribution in [0, 0.1) is 11.8 Å². The monoisotopic (exact) mass is 1140 g/mol. The third-order valence-electron chi connectivity index (χ3n) is 12.0. The van der Waals surface area contributed by atoms with Crippen molar-refractivity contribution in [3.8, 4) is 0 Å². The van der Waals surface area contributed by atoms with Gasteiger partial charge in [0.15, 0.2) is 5.78 Å². The van der Waals surface area contributed by atoms with Crippen molar-refractivity contribution in [2.75, 3.05) is 77.5 Å². The van der Waals surface area contributed by atoms with Crippen molar-refractivity contribution in [3.05, 3.63) is 0 Å². The van der Waals surface area contributed by atoms with Crippen LogP contribution in [0.25, 0.3) is 0 Å². The van der Waals surface area contributed by atoms with E-state index in [1.807, 2.05) is 0 Å². The molecule has 26 heteroatoms. The molecule has 5 atom stereocenters. The van der Waals surface area contributed by atoms with Gasteiger partial charge in [0.1, 0.15) is 31.1 Å². The second-order valence-corrected chi connectivity index (χ2v) is 19.3. The van der Waals surface area contributed by atoms with E-state index in [9.17, 15) is 63.0 Å². The van der Waals surface area contributed by atoms with E-state index in [1.54, 1.807) is 0 Å². The van der Waals surface area contributed by atoms with Gasteiger partial charge in [-0.15, -0.1) is 0 Å². The van der Waals surface area contributed by atoms with E-state index in [-0.39, 0.29) is 129 Å². The highest BCUT2D eigenvalue weighted by atomic mass is 32.1. The van der Waals surface area contributed by atoms with Gasteiger partial charge in [0, 0.05) is 69.0 Å². The van der Waals surface area contributed by atoms with Crippen molar-refractivity contribution < 1.29 is 92.1 Å². The van der Waals surface area contributed by atoms with Gasteiger partial charge in [-0.1, -0.05) is 77.0 Å². The lowest BCUT2D eigenvalue weighted by Crippen LogP contribution is -2.44. The molecule has 0 fully saturated rings. The first-order valence-electron chi connectivity index (χ1n) is 26.7. The maximum Gasteiger partial charge on any atom is 0.326 e. The molecule has 0 unspecified atom stereocenters. The first-order chi connectivity index (χ1) is 36.8. The Hall–Kier alpha value is -4.89. The number of carboxylic acids is 4. The average Bonchev–Trinajstić information content (AvgIpc) is 3.37. The molecule has 0 aromatic rings. The van der Waals surface area contributed by atoms with Gasteiger partial charge in [0.2, 0.25) is 29.5 Å². The third-order valence-corrected chi connectivity index (χ3v) is 12.9. The van der Waals surface area contributed by atoms with Crippen LogP contribution < -0.4 is 26.6 Å². The van der Waals surface area contributed by atoms with Gasteiger partial charge in [0.05, 0.1) is 51.6 Å². The van der Waals surface area contributed by atoms with E-state index in [1.165, 1.54) is 32.6 Å². The molecule has 77 heavy (non-hydrogen) atoms. The molecule has 442 valence electrons. The van der Waals surface area contributed by atoms with Gasteiger partial charge < -0.3 is 66.0 Å². The van der Waals surface area contributed by atoms with Crippen molar-refractivity contribution in [3.63, 3.8) is 0 Å². The minimum atomic E-state index is -1.41. The summed E-state index contributed by atoms with van der Waals surface area (Å²) in [5, 5.41) is 49.4. The lowest BCUT2D eigenvalue weighted by atomic mass is 9.91. The van der Waals surface area contributed by atoms with Gasteiger partial charge in [-0.2, -0.15) is 25.3 Å². The Labute approximate surface area is 462 Å². The number of unbranched alkanes of at least 4 members (excludes halogenated alkanes) is 13. The molecule has 0 bridgehead atoms. The Kier molecular flexibility index (Phi) is 44.1. The fourth-order valence-electron chi connectivity index (χ4n) is 7.42. The number of nitrogens with one attached hydrogen (secondary N) is 5. The number of rotatable bonds is 53. The van der Waals surface area contributed by atoms with Crippen molar-refractivity contribution in [1.29, 1.82) is 0 Å². The molecule has 24 nitrogen and oxygen atoms in total. The maximum absolute atomic E-state index is 12.6. The number of carbonyl (C=O) groups excluding carboxylic acids is 7. The Morgan fingerprint density at radius 2 is 0.792 bits per heavy atom. The molecule has 9 N–H and O–H groups in total. The summed E-state index contributed by atoms with van der Waals surface area (Å²) in [4.78, 5) is 132. The zero-order chi connectivity index (χ0) is 57.6. The zero-order valence-electron chi connectivity index (χ0n) is 44.7. The highest BCUT2D eigenvalue weighted by Crippen LogP contribution is 2.18. The molecule has 0 saturated carbocycles. The number of hydrogen-bond acceptors (Lipinski definition) is 17. The van der Waals surface area contributed by atoms with E-state index < -0.39 is 94.9 Å². The summed E-state index contributed by atoms with van der Waals surface area (Å²) in [6, 6.07) is -3.66. The van der Waals surface area contributed by atoms with E-state index in [0.29, 0.717) is 6.42 Å². The number of carboxylic acid groups (broad SMARTS) is 4. The lowest BCUT2D eigenvalue weighted by Gasteiger charge is -2.18. The molecule has 0 aromatic carbocycles. The summed E-state index contributed by atoms with van der Waals surface area (Å²) in [5.74, 6) is -9.86.